The summed E-state index contributed by atoms with van der Waals surface area (Å²) in [7, 11) is 0. The number of halogens is 2. The highest BCUT2D eigenvalue weighted by atomic mass is 32.2. The molecule has 0 amide bonds. The Kier molecular flexibility index (Phi) is 5.45. The molecular formula is C23H19F2N3S. The van der Waals surface area contributed by atoms with Crippen LogP contribution in [0.3, 0.4) is 0 Å². The molecule has 1 heterocycles. The Morgan fingerprint density at radius 2 is 1.52 bits per heavy atom. The van der Waals surface area contributed by atoms with Crippen LogP contribution in [-0.2, 0) is 5.75 Å². The lowest BCUT2D eigenvalue weighted by atomic mass is 10.1. The zero-order valence-electron chi connectivity index (χ0n) is 16.1. The topological polar surface area (TPSA) is 30.7 Å². The second-order valence-electron chi connectivity index (χ2n) is 6.84. The molecule has 0 aliphatic heterocycles. The molecule has 0 saturated carbocycles. The number of hydrogen-bond acceptors (Lipinski definition) is 3. The van der Waals surface area contributed by atoms with E-state index in [4.69, 9.17) is 0 Å². The summed E-state index contributed by atoms with van der Waals surface area (Å²) >= 11 is 1.26. The molecule has 0 fully saturated rings. The molecule has 0 saturated heterocycles. The molecule has 29 heavy (non-hydrogen) atoms. The van der Waals surface area contributed by atoms with Crippen molar-refractivity contribution in [2.45, 2.75) is 24.8 Å². The number of rotatable bonds is 5. The van der Waals surface area contributed by atoms with Crippen molar-refractivity contribution in [2.75, 3.05) is 0 Å². The molecule has 146 valence electrons. The van der Waals surface area contributed by atoms with Crippen LogP contribution in [0.2, 0.25) is 0 Å². The van der Waals surface area contributed by atoms with Crippen molar-refractivity contribution in [1.82, 2.24) is 14.8 Å². The van der Waals surface area contributed by atoms with Crippen molar-refractivity contribution in [3.8, 4) is 17.1 Å². The first-order valence-electron chi connectivity index (χ1n) is 9.18. The maximum atomic E-state index is 14.0. The zero-order valence-corrected chi connectivity index (χ0v) is 16.9. The van der Waals surface area contributed by atoms with Crippen LogP contribution >= 0.6 is 11.8 Å². The number of thioether (sulfide) groups is 1. The van der Waals surface area contributed by atoms with Crippen LogP contribution in [0.5, 0.6) is 0 Å². The van der Waals surface area contributed by atoms with Crippen molar-refractivity contribution in [3.05, 3.63) is 95.1 Å². The van der Waals surface area contributed by atoms with E-state index in [9.17, 15) is 8.78 Å². The highest BCUT2D eigenvalue weighted by molar-refractivity contribution is 7.98. The van der Waals surface area contributed by atoms with E-state index in [1.54, 1.807) is 0 Å². The number of benzene rings is 3. The fourth-order valence-electron chi connectivity index (χ4n) is 3.07. The minimum atomic E-state index is -0.558. The van der Waals surface area contributed by atoms with Crippen LogP contribution in [0, 0.1) is 25.5 Å². The van der Waals surface area contributed by atoms with E-state index >= 15 is 0 Å². The molecule has 0 aliphatic rings. The van der Waals surface area contributed by atoms with Crippen molar-refractivity contribution >= 4 is 11.8 Å². The molecule has 6 heteroatoms. The van der Waals surface area contributed by atoms with E-state index in [0.29, 0.717) is 11.0 Å². The molecule has 3 aromatic carbocycles. The normalized spacial score (nSPS) is 11.0. The van der Waals surface area contributed by atoms with E-state index < -0.39 is 11.6 Å². The smallest absolute Gasteiger partial charge is 0.196 e. The van der Waals surface area contributed by atoms with E-state index in [-0.39, 0.29) is 11.3 Å². The molecule has 4 rings (SSSR count). The van der Waals surface area contributed by atoms with Crippen molar-refractivity contribution in [1.29, 1.82) is 0 Å². The second kappa shape index (κ2) is 8.17. The van der Waals surface area contributed by atoms with Gasteiger partial charge in [0.25, 0.3) is 0 Å². The molecule has 3 nitrogen and oxygen atoms in total. The van der Waals surface area contributed by atoms with E-state index in [2.05, 4.69) is 10.2 Å². The first-order chi connectivity index (χ1) is 14.0. The zero-order chi connectivity index (χ0) is 20.4. The van der Waals surface area contributed by atoms with Gasteiger partial charge < -0.3 is 0 Å². The Labute approximate surface area is 172 Å². The summed E-state index contributed by atoms with van der Waals surface area (Å²) in [5.74, 6) is -0.305. The third kappa shape index (κ3) is 4.07. The van der Waals surface area contributed by atoms with Gasteiger partial charge in [-0.15, -0.1) is 10.2 Å². The van der Waals surface area contributed by atoms with Crippen LogP contribution in [0.15, 0.2) is 71.9 Å². The Morgan fingerprint density at radius 1 is 0.828 bits per heavy atom. The van der Waals surface area contributed by atoms with E-state index in [0.717, 1.165) is 22.4 Å². The highest BCUT2D eigenvalue weighted by Crippen LogP contribution is 2.31. The summed E-state index contributed by atoms with van der Waals surface area (Å²) in [6, 6.07) is 19.9. The van der Waals surface area contributed by atoms with Crippen LogP contribution in [-0.4, -0.2) is 14.8 Å². The lowest BCUT2D eigenvalue weighted by molar-refractivity contribution is 0.566. The summed E-state index contributed by atoms with van der Waals surface area (Å²) < 4.78 is 30.0. The van der Waals surface area contributed by atoms with Crippen LogP contribution in [0.4, 0.5) is 8.78 Å². The van der Waals surface area contributed by atoms with Gasteiger partial charge in [-0.3, -0.25) is 4.57 Å². The average molecular weight is 407 g/mol. The van der Waals surface area contributed by atoms with Gasteiger partial charge >= 0.3 is 0 Å². The van der Waals surface area contributed by atoms with E-state index in [1.807, 2.05) is 66.9 Å². The quantitative estimate of drug-likeness (QED) is 0.373. The Morgan fingerprint density at radius 3 is 2.21 bits per heavy atom. The summed E-state index contributed by atoms with van der Waals surface area (Å²) in [5, 5.41) is 9.29. The Hall–Kier alpha value is -2.99. The molecule has 0 bridgehead atoms. The van der Waals surface area contributed by atoms with Crippen LogP contribution in [0.25, 0.3) is 17.1 Å². The fraction of sp³-hybridized carbons (Fsp3) is 0.130. The van der Waals surface area contributed by atoms with Gasteiger partial charge in [0.2, 0.25) is 0 Å². The van der Waals surface area contributed by atoms with Gasteiger partial charge in [0, 0.05) is 22.6 Å². The second-order valence-corrected chi connectivity index (χ2v) is 7.78. The minimum absolute atomic E-state index is 0.0352. The van der Waals surface area contributed by atoms with Gasteiger partial charge in [0.15, 0.2) is 11.0 Å². The summed E-state index contributed by atoms with van der Waals surface area (Å²) in [6.07, 6.45) is 0. The SMILES string of the molecule is Cc1ccc(-n2c(SCc3c(F)cccc3F)nnc2-c2cccc(C)c2)cc1. The van der Waals surface area contributed by atoms with Crippen LogP contribution in [0.1, 0.15) is 16.7 Å². The maximum absolute atomic E-state index is 14.0. The average Bonchev–Trinajstić information content (AvgIpc) is 3.12. The third-order valence-corrected chi connectivity index (χ3v) is 5.56. The maximum Gasteiger partial charge on any atom is 0.196 e. The van der Waals surface area contributed by atoms with Gasteiger partial charge in [-0.05, 0) is 44.2 Å². The molecule has 0 radical (unpaired) electrons. The van der Waals surface area contributed by atoms with Crippen molar-refractivity contribution < 1.29 is 8.78 Å². The molecule has 0 spiro atoms. The largest absolute Gasteiger partial charge is 0.270 e. The lowest BCUT2D eigenvalue weighted by Crippen LogP contribution is -2.01. The molecule has 0 unspecified atom stereocenters. The van der Waals surface area contributed by atoms with Crippen LogP contribution < -0.4 is 0 Å². The Bertz CT molecular complexity index is 1130. The molecular weight excluding hydrogens is 388 g/mol. The molecule has 1 aromatic heterocycles. The number of nitrogens with zero attached hydrogens (tertiary/aromatic N) is 3. The molecule has 0 atom stereocenters. The predicted molar refractivity (Wildman–Crippen MR) is 112 cm³/mol. The molecule has 0 aliphatic carbocycles. The highest BCUT2D eigenvalue weighted by Gasteiger charge is 2.18. The monoisotopic (exact) mass is 407 g/mol. The fourth-order valence-corrected chi connectivity index (χ4v) is 4.04. The number of aromatic nitrogens is 3. The summed E-state index contributed by atoms with van der Waals surface area (Å²) in [4.78, 5) is 0. The van der Waals surface area contributed by atoms with Gasteiger partial charge in [-0.1, -0.05) is 59.3 Å². The van der Waals surface area contributed by atoms with Gasteiger partial charge in [-0.25, -0.2) is 8.78 Å². The first kappa shape index (κ1) is 19.3. The molecule has 0 N–H and O–H groups in total. The van der Waals surface area contributed by atoms with Gasteiger partial charge in [0.1, 0.15) is 11.6 Å². The van der Waals surface area contributed by atoms with Gasteiger partial charge in [-0.2, -0.15) is 0 Å². The number of aryl methyl sites for hydroxylation is 2. The predicted octanol–water partition coefficient (Wildman–Crippen LogP) is 6.12. The van der Waals surface area contributed by atoms with Gasteiger partial charge in [0.05, 0.1) is 0 Å². The summed E-state index contributed by atoms with van der Waals surface area (Å²) in [5.41, 5.74) is 4.12. The van der Waals surface area contributed by atoms with Crippen molar-refractivity contribution in [2.24, 2.45) is 0 Å². The summed E-state index contributed by atoms with van der Waals surface area (Å²) in [6.45, 7) is 4.04. The van der Waals surface area contributed by atoms with Crippen molar-refractivity contribution in [3.63, 3.8) is 0 Å². The lowest BCUT2D eigenvalue weighted by Gasteiger charge is -2.11. The number of hydrogen-bond donors (Lipinski definition) is 0. The Balaban J connectivity index is 1.77. The standard InChI is InChI=1S/C23H19F2N3S/c1-15-9-11-18(12-10-15)28-22(17-6-3-5-16(2)13-17)26-27-23(28)29-14-19-20(24)7-4-8-21(19)25/h3-13H,14H2,1-2H3. The third-order valence-electron chi connectivity index (χ3n) is 4.61. The first-order valence-corrected chi connectivity index (χ1v) is 10.2. The minimum Gasteiger partial charge on any atom is -0.270 e. The molecule has 4 aromatic rings. The van der Waals surface area contributed by atoms with E-state index in [1.165, 1.54) is 30.0 Å².